The smallest absolute Gasteiger partial charge is 0.0220 e. The first kappa shape index (κ1) is 13.4. The molecule has 0 spiro atoms. The van der Waals surface area contributed by atoms with Gasteiger partial charge in [0.1, 0.15) is 0 Å². The van der Waals surface area contributed by atoms with Crippen molar-refractivity contribution in [3.05, 3.63) is 0 Å². The maximum Gasteiger partial charge on any atom is 0.0220 e. The van der Waals surface area contributed by atoms with Crippen LogP contribution in [0.4, 0.5) is 0 Å². The molecule has 2 aliphatic rings. The van der Waals surface area contributed by atoms with Crippen LogP contribution in [0, 0.1) is 11.8 Å². The van der Waals surface area contributed by atoms with Crippen LogP contribution in [0.15, 0.2) is 0 Å². The normalized spacial score (nSPS) is 33.4. The van der Waals surface area contributed by atoms with Crippen LogP contribution >= 0.6 is 0 Å². The summed E-state index contributed by atoms with van der Waals surface area (Å²) < 4.78 is 0. The van der Waals surface area contributed by atoms with Gasteiger partial charge in [-0.25, -0.2) is 0 Å². The molecular formula is C15H30N2. The second-order valence-electron chi connectivity index (χ2n) is 6.32. The number of hydrogen-bond donors (Lipinski definition) is 1. The van der Waals surface area contributed by atoms with Gasteiger partial charge in [0.2, 0.25) is 0 Å². The standard InChI is InChI=1S/C15H30N2/c1-13(2)14-6-5-10-17(11-8-14)15-7-3-4-9-16-12-15/h13-16H,3-12H2,1-2H3. The molecule has 0 aromatic rings. The lowest BCUT2D eigenvalue weighted by molar-refractivity contribution is 0.189. The molecule has 2 aliphatic heterocycles. The maximum atomic E-state index is 3.61. The summed E-state index contributed by atoms with van der Waals surface area (Å²) in [7, 11) is 0. The predicted octanol–water partition coefficient (Wildman–Crippen LogP) is 2.89. The first-order chi connectivity index (χ1) is 8.27. The summed E-state index contributed by atoms with van der Waals surface area (Å²) in [5.41, 5.74) is 0. The summed E-state index contributed by atoms with van der Waals surface area (Å²) in [5, 5.41) is 3.61. The minimum Gasteiger partial charge on any atom is -0.315 e. The zero-order chi connectivity index (χ0) is 12.1. The number of rotatable bonds is 2. The Hall–Kier alpha value is -0.0800. The highest BCUT2D eigenvalue weighted by molar-refractivity contribution is 4.80. The van der Waals surface area contributed by atoms with E-state index in [1.807, 2.05) is 0 Å². The van der Waals surface area contributed by atoms with Crippen LogP contribution in [0.2, 0.25) is 0 Å². The van der Waals surface area contributed by atoms with Crippen LogP contribution in [0.3, 0.4) is 0 Å². The molecule has 2 fully saturated rings. The lowest BCUT2D eigenvalue weighted by Gasteiger charge is -2.30. The van der Waals surface area contributed by atoms with E-state index < -0.39 is 0 Å². The zero-order valence-electron chi connectivity index (χ0n) is 11.8. The van der Waals surface area contributed by atoms with Crippen LogP contribution in [0.25, 0.3) is 0 Å². The van der Waals surface area contributed by atoms with Crippen molar-refractivity contribution in [2.75, 3.05) is 26.2 Å². The lowest BCUT2D eigenvalue weighted by Crippen LogP contribution is -2.41. The van der Waals surface area contributed by atoms with E-state index in [-0.39, 0.29) is 0 Å². The molecule has 0 saturated carbocycles. The topological polar surface area (TPSA) is 15.3 Å². The van der Waals surface area contributed by atoms with Crippen molar-refractivity contribution in [3.8, 4) is 0 Å². The Morgan fingerprint density at radius 3 is 2.71 bits per heavy atom. The van der Waals surface area contributed by atoms with Crippen LogP contribution in [0.5, 0.6) is 0 Å². The third-order valence-electron chi connectivity index (χ3n) is 4.79. The highest BCUT2D eigenvalue weighted by Gasteiger charge is 2.24. The van der Waals surface area contributed by atoms with Crippen molar-refractivity contribution in [2.45, 2.75) is 58.4 Å². The Bertz CT molecular complexity index is 207. The van der Waals surface area contributed by atoms with Crippen molar-refractivity contribution < 1.29 is 0 Å². The largest absolute Gasteiger partial charge is 0.315 e. The van der Waals surface area contributed by atoms with Gasteiger partial charge >= 0.3 is 0 Å². The van der Waals surface area contributed by atoms with E-state index in [0.717, 1.165) is 17.9 Å². The average molecular weight is 238 g/mol. The van der Waals surface area contributed by atoms with Crippen molar-refractivity contribution in [3.63, 3.8) is 0 Å². The summed E-state index contributed by atoms with van der Waals surface area (Å²) >= 11 is 0. The van der Waals surface area contributed by atoms with E-state index in [4.69, 9.17) is 0 Å². The molecule has 0 radical (unpaired) electrons. The summed E-state index contributed by atoms with van der Waals surface area (Å²) in [6.45, 7) is 9.94. The van der Waals surface area contributed by atoms with Gasteiger partial charge in [-0.2, -0.15) is 0 Å². The van der Waals surface area contributed by atoms with Crippen LogP contribution in [-0.4, -0.2) is 37.1 Å². The van der Waals surface area contributed by atoms with Crippen LogP contribution in [0.1, 0.15) is 52.4 Å². The Morgan fingerprint density at radius 2 is 1.88 bits per heavy atom. The monoisotopic (exact) mass is 238 g/mol. The minimum atomic E-state index is 0.823. The van der Waals surface area contributed by atoms with Crippen molar-refractivity contribution in [1.82, 2.24) is 10.2 Å². The maximum absolute atomic E-state index is 3.61. The van der Waals surface area contributed by atoms with Crippen LogP contribution in [-0.2, 0) is 0 Å². The molecule has 0 aromatic heterocycles. The Kier molecular flexibility index (Phi) is 5.30. The first-order valence-corrected chi connectivity index (χ1v) is 7.72. The van der Waals surface area contributed by atoms with Gasteiger partial charge < -0.3 is 5.32 Å². The number of likely N-dealkylation sites (tertiary alicyclic amines) is 1. The molecule has 0 aliphatic carbocycles. The predicted molar refractivity (Wildman–Crippen MR) is 74.3 cm³/mol. The molecule has 2 nitrogen and oxygen atoms in total. The van der Waals surface area contributed by atoms with Gasteiger partial charge in [-0.05, 0) is 63.6 Å². The van der Waals surface area contributed by atoms with E-state index in [9.17, 15) is 0 Å². The van der Waals surface area contributed by atoms with Crippen LogP contribution < -0.4 is 5.32 Å². The van der Waals surface area contributed by atoms with Gasteiger partial charge in [0.05, 0.1) is 0 Å². The molecule has 0 bridgehead atoms. The molecule has 100 valence electrons. The quantitative estimate of drug-likeness (QED) is 0.796. The van der Waals surface area contributed by atoms with Crippen molar-refractivity contribution in [2.24, 2.45) is 11.8 Å². The fourth-order valence-electron chi connectivity index (χ4n) is 3.49. The van der Waals surface area contributed by atoms with Gasteiger partial charge in [-0.1, -0.05) is 20.3 Å². The van der Waals surface area contributed by atoms with Gasteiger partial charge in [0, 0.05) is 12.6 Å². The van der Waals surface area contributed by atoms with Crippen molar-refractivity contribution in [1.29, 1.82) is 0 Å². The molecule has 0 amide bonds. The van der Waals surface area contributed by atoms with E-state index in [0.29, 0.717) is 0 Å². The number of nitrogens with zero attached hydrogens (tertiary/aromatic N) is 1. The molecular weight excluding hydrogens is 208 g/mol. The van der Waals surface area contributed by atoms with Gasteiger partial charge in [-0.15, -0.1) is 0 Å². The molecule has 2 saturated heterocycles. The van der Waals surface area contributed by atoms with E-state index >= 15 is 0 Å². The Morgan fingerprint density at radius 1 is 1.00 bits per heavy atom. The summed E-state index contributed by atoms with van der Waals surface area (Å²) in [4.78, 5) is 2.78. The second-order valence-corrected chi connectivity index (χ2v) is 6.32. The van der Waals surface area contributed by atoms with Gasteiger partial charge in [0.15, 0.2) is 0 Å². The fourth-order valence-corrected chi connectivity index (χ4v) is 3.49. The molecule has 2 heterocycles. The Labute approximate surface area is 107 Å². The summed E-state index contributed by atoms with van der Waals surface area (Å²) in [6, 6.07) is 0.823. The van der Waals surface area contributed by atoms with E-state index in [2.05, 4.69) is 24.1 Å². The number of nitrogens with one attached hydrogen (secondary N) is 1. The third-order valence-corrected chi connectivity index (χ3v) is 4.79. The third kappa shape index (κ3) is 3.96. The minimum absolute atomic E-state index is 0.823. The number of hydrogen-bond acceptors (Lipinski definition) is 2. The molecule has 2 heteroatoms. The SMILES string of the molecule is CC(C)C1CCCN(C2CCCCNC2)CC1. The molecule has 1 N–H and O–H groups in total. The molecule has 2 unspecified atom stereocenters. The molecule has 0 aromatic carbocycles. The fraction of sp³-hybridized carbons (Fsp3) is 1.00. The second kappa shape index (κ2) is 6.75. The van der Waals surface area contributed by atoms with E-state index in [1.165, 1.54) is 64.7 Å². The molecule has 2 rings (SSSR count). The first-order valence-electron chi connectivity index (χ1n) is 7.72. The summed E-state index contributed by atoms with van der Waals surface area (Å²) in [5.74, 6) is 1.85. The highest BCUT2D eigenvalue weighted by Crippen LogP contribution is 2.26. The van der Waals surface area contributed by atoms with Gasteiger partial charge in [0.25, 0.3) is 0 Å². The van der Waals surface area contributed by atoms with Crippen molar-refractivity contribution >= 4 is 0 Å². The summed E-state index contributed by atoms with van der Waals surface area (Å²) in [6.07, 6.45) is 8.50. The molecule has 17 heavy (non-hydrogen) atoms. The molecule has 2 atom stereocenters. The highest BCUT2D eigenvalue weighted by atomic mass is 15.2. The van der Waals surface area contributed by atoms with Gasteiger partial charge in [-0.3, -0.25) is 4.90 Å². The zero-order valence-corrected chi connectivity index (χ0v) is 11.8. The Balaban J connectivity index is 1.84. The van der Waals surface area contributed by atoms with E-state index in [1.54, 1.807) is 0 Å². The average Bonchev–Trinajstić information content (AvgIpc) is 2.71. The lowest BCUT2D eigenvalue weighted by atomic mass is 9.89.